The van der Waals surface area contributed by atoms with Crippen molar-refractivity contribution in [1.29, 1.82) is 0 Å². The third-order valence-corrected chi connectivity index (χ3v) is 4.73. The lowest BCUT2D eigenvalue weighted by molar-refractivity contribution is 0.572. The predicted octanol–water partition coefficient (Wildman–Crippen LogP) is 4.57. The second-order valence-corrected chi connectivity index (χ2v) is 6.85. The minimum atomic E-state index is 0. The summed E-state index contributed by atoms with van der Waals surface area (Å²) in [4.78, 5) is 8.87. The molecule has 0 radical (unpaired) electrons. The Balaban J connectivity index is 0.00000272. The largest absolute Gasteiger partial charge is 0.444 e. The smallest absolute Gasteiger partial charge is 0.226 e. The SMILES string of the molecule is CN=C(NCc1coc(-c2ccccc2)n1)NC(C)c1cccc(-n2cccn2)c1.I. The van der Waals surface area contributed by atoms with Gasteiger partial charge in [-0.25, -0.2) is 9.67 Å². The van der Waals surface area contributed by atoms with Crippen LogP contribution in [0.15, 0.2) is 88.7 Å². The Bertz CT molecular complexity index is 1110. The van der Waals surface area contributed by atoms with Crippen LogP contribution in [0.25, 0.3) is 17.1 Å². The number of aromatic nitrogens is 3. The second-order valence-electron chi connectivity index (χ2n) is 6.85. The van der Waals surface area contributed by atoms with E-state index >= 15 is 0 Å². The molecule has 1 atom stereocenters. The van der Waals surface area contributed by atoms with Crippen molar-refractivity contribution >= 4 is 29.9 Å². The number of guanidine groups is 1. The fourth-order valence-corrected chi connectivity index (χ4v) is 3.12. The summed E-state index contributed by atoms with van der Waals surface area (Å²) in [6, 6.07) is 20.1. The molecule has 2 N–H and O–H groups in total. The van der Waals surface area contributed by atoms with Crippen molar-refractivity contribution in [2.45, 2.75) is 19.5 Å². The van der Waals surface area contributed by atoms with Crippen LogP contribution in [-0.4, -0.2) is 27.8 Å². The van der Waals surface area contributed by atoms with Crippen LogP contribution in [0.2, 0.25) is 0 Å². The maximum atomic E-state index is 5.60. The van der Waals surface area contributed by atoms with Crippen molar-refractivity contribution < 1.29 is 4.42 Å². The monoisotopic (exact) mass is 528 g/mol. The van der Waals surface area contributed by atoms with Crippen LogP contribution in [0.5, 0.6) is 0 Å². The molecule has 8 heteroatoms. The molecule has 0 saturated carbocycles. The summed E-state index contributed by atoms with van der Waals surface area (Å²) < 4.78 is 7.44. The minimum Gasteiger partial charge on any atom is -0.444 e. The summed E-state index contributed by atoms with van der Waals surface area (Å²) in [5.74, 6) is 1.30. The normalized spacial score (nSPS) is 12.1. The van der Waals surface area contributed by atoms with E-state index in [4.69, 9.17) is 4.42 Å². The number of nitrogens with zero attached hydrogens (tertiary/aromatic N) is 4. The van der Waals surface area contributed by atoms with Gasteiger partial charge in [-0.05, 0) is 42.8 Å². The van der Waals surface area contributed by atoms with Gasteiger partial charge in [0.2, 0.25) is 5.89 Å². The Labute approximate surface area is 198 Å². The van der Waals surface area contributed by atoms with Gasteiger partial charge in [0.1, 0.15) is 6.26 Å². The third kappa shape index (κ3) is 5.72. The highest BCUT2D eigenvalue weighted by atomic mass is 127. The molecule has 0 spiro atoms. The van der Waals surface area contributed by atoms with Crippen LogP contribution in [0.4, 0.5) is 0 Å². The number of halogens is 1. The lowest BCUT2D eigenvalue weighted by Gasteiger charge is -2.18. The Hall–Kier alpha value is -3.14. The van der Waals surface area contributed by atoms with Gasteiger partial charge in [-0.1, -0.05) is 30.3 Å². The van der Waals surface area contributed by atoms with Crippen molar-refractivity contribution in [3.63, 3.8) is 0 Å². The molecule has 0 aliphatic rings. The van der Waals surface area contributed by atoms with Gasteiger partial charge in [-0.3, -0.25) is 4.99 Å². The second kappa shape index (κ2) is 10.8. The maximum Gasteiger partial charge on any atom is 0.226 e. The Morgan fingerprint density at radius 2 is 1.97 bits per heavy atom. The van der Waals surface area contributed by atoms with Crippen molar-refractivity contribution in [2.24, 2.45) is 4.99 Å². The lowest BCUT2D eigenvalue weighted by Crippen LogP contribution is -2.38. The Morgan fingerprint density at radius 1 is 1.13 bits per heavy atom. The van der Waals surface area contributed by atoms with E-state index in [1.165, 1.54) is 0 Å². The van der Waals surface area contributed by atoms with Gasteiger partial charge in [0.25, 0.3) is 0 Å². The quantitative estimate of drug-likeness (QED) is 0.218. The van der Waals surface area contributed by atoms with E-state index in [1.54, 1.807) is 19.5 Å². The fourth-order valence-electron chi connectivity index (χ4n) is 3.12. The number of rotatable bonds is 6. The van der Waals surface area contributed by atoms with Crippen LogP contribution < -0.4 is 10.6 Å². The van der Waals surface area contributed by atoms with E-state index < -0.39 is 0 Å². The van der Waals surface area contributed by atoms with Crippen LogP contribution in [0.1, 0.15) is 24.2 Å². The number of hydrogen-bond acceptors (Lipinski definition) is 4. The average Bonchev–Trinajstić information content (AvgIpc) is 3.50. The molecule has 1 unspecified atom stereocenters. The molecule has 7 nitrogen and oxygen atoms in total. The zero-order chi connectivity index (χ0) is 20.8. The first kappa shape index (κ1) is 22.5. The van der Waals surface area contributed by atoms with Gasteiger partial charge in [0.05, 0.1) is 24.0 Å². The van der Waals surface area contributed by atoms with Gasteiger partial charge in [-0.2, -0.15) is 5.10 Å². The summed E-state index contributed by atoms with van der Waals surface area (Å²) in [5, 5.41) is 11.0. The summed E-state index contributed by atoms with van der Waals surface area (Å²) >= 11 is 0. The highest BCUT2D eigenvalue weighted by Gasteiger charge is 2.11. The highest BCUT2D eigenvalue weighted by Crippen LogP contribution is 2.18. The van der Waals surface area contributed by atoms with Gasteiger partial charge >= 0.3 is 0 Å². The standard InChI is InChI=1S/C23H24N6O.HI/c1-17(19-10-6-11-21(14-19)29-13-7-12-26-29)27-23(24-2)25-15-20-16-30-22(28-20)18-8-4-3-5-9-18;/h3-14,16-17H,15H2,1-2H3,(H2,24,25,27);1H. The summed E-state index contributed by atoms with van der Waals surface area (Å²) in [5.41, 5.74) is 3.92. The number of hydrogen-bond donors (Lipinski definition) is 2. The van der Waals surface area contributed by atoms with E-state index in [-0.39, 0.29) is 30.0 Å². The van der Waals surface area contributed by atoms with E-state index in [0.29, 0.717) is 18.4 Å². The molecule has 0 amide bonds. The minimum absolute atomic E-state index is 0. The summed E-state index contributed by atoms with van der Waals surface area (Å²) in [6.45, 7) is 2.61. The Morgan fingerprint density at radius 3 is 2.71 bits per heavy atom. The molecule has 2 aromatic carbocycles. The van der Waals surface area contributed by atoms with E-state index in [9.17, 15) is 0 Å². The van der Waals surface area contributed by atoms with Gasteiger partial charge in [0, 0.05) is 25.0 Å². The molecule has 0 aliphatic carbocycles. The number of oxazole rings is 1. The van der Waals surface area contributed by atoms with Crippen molar-refractivity contribution in [3.05, 3.63) is 90.6 Å². The van der Waals surface area contributed by atoms with Gasteiger partial charge in [0.15, 0.2) is 5.96 Å². The number of nitrogens with one attached hydrogen (secondary N) is 2. The summed E-state index contributed by atoms with van der Waals surface area (Å²) in [6.07, 6.45) is 5.37. The number of benzene rings is 2. The van der Waals surface area contributed by atoms with Gasteiger partial charge in [-0.15, -0.1) is 24.0 Å². The van der Waals surface area contributed by atoms with Crippen LogP contribution in [0.3, 0.4) is 0 Å². The predicted molar refractivity (Wildman–Crippen MR) is 133 cm³/mol. The van der Waals surface area contributed by atoms with Crippen molar-refractivity contribution in [1.82, 2.24) is 25.4 Å². The average molecular weight is 528 g/mol. The van der Waals surface area contributed by atoms with Gasteiger partial charge < -0.3 is 15.1 Å². The fraction of sp³-hybridized carbons (Fsp3) is 0.174. The van der Waals surface area contributed by atoms with E-state index in [2.05, 4.69) is 44.8 Å². The van der Waals surface area contributed by atoms with Crippen molar-refractivity contribution in [3.8, 4) is 17.1 Å². The Kier molecular flexibility index (Phi) is 7.82. The lowest BCUT2D eigenvalue weighted by atomic mass is 10.1. The van der Waals surface area contributed by atoms with E-state index in [0.717, 1.165) is 22.5 Å². The molecule has 160 valence electrons. The molecular formula is C23H25IN6O. The molecule has 31 heavy (non-hydrogen) atoms. The first-order chi connectivity index (χ1) is 14.7. The van der Waals surface area contributed by atoms with E-state index in [1.807, 2.05) is 59.4 Å². The van der Waals surface area contributed by atoms with Crippen molar-refractivity contribution in [2.75, 3.05) is 7.05 Å². The van der Waals surface area contributed by atoms with Crippen LogP contribution >= 0.6 is 24.0 Å². The zero-order valence-corrected chi connectivity index (χ0v) is 19.7. The number of aliphatic imine (C=N–C) groups is 1. The molecule has 4 rings (SSSR count). The van der Waals surface area contributed by atoms with Crippen LogP contribution in [-0.2, 0) is 6.54 Å². The zero-order valence-electron chi connectivity index (χ0n) is 17.4. The molecule has 4 aromatic rings. The summed E-state index contributed by atoms with van der Waals surface area (Å²) in [7, 11) is 1.75. The molecule has 0 aliphatic heterocycles. The maximum absolute atomic E-state index is 5.60. The molecule has 0 bridgehead atoms. The first-order valence-corrected chi connectivity index (χ1v) is 9.80. The molecule has 2 heterocycles. The first-order valence-electron chi connectivity index (χ1n) is 9.80. The highest BCUT2D eigenvalue weighted by molar-refractivity contribution is 14.0. The molecule has 0 saturated heterocycles. The third-order valence-electron chi connectivity index (χ3n) is 4.73. The molecule has 2 aromatic heterocycles. The molecular weight excluding hydrogens is 503 g/mol. The topological polar surface area (TPSA) is 80.3 Å². The molecule has 0 fully saturated rings. The van der Waals surface area contributed by atoms with Crippen LogP contribution in [0, 0.1) is 0 Å².